The van der Waals surface area contributed by atoms with Gasteiger partial charge in [0, 0.05) is 38.3 Å². The second-order valence-corrected chi connectivity index (χ2v) is 6.65. The lowest BCUT2D eigenvalue weighted by Crippen LogP contribution is -2.37. The first-order valence-corrected chi connectivity index (χ1v) is 8.96. The fourth-order valence-electron chi connectivity index (χ4n) is 2.56. The Morgan fingerprint density at radius 3 is 2.04 bits per heavy atom. The van der Waals surface area contributed by atoms with Crippen LogP contribution in [0.5, 0.6) is 0 Å². The highest BCUT2D eigenvalue weighted by Gasteiger charge is 2.09. The first kappa shape index (κ1) is 23.4. The lowest BCUT2D eigenvalue weighted by atomic mass is 10.1. The van der Waals surface area contributed by atoms with Crippen molar-refractivity contribution in [3.63, 3.8) is 0 Å². The highest BCUT2D eigenvalue weighted by atomic mass is 127. The number of hydrogen-bond acceptors (Lipinski definition) is 2. The summed E-state index contributed by atoms with van der Waals surface area (Å²) in [7, 11) is 3.85. The fraction of sp³-hybridized carbons (Fsp3) is 0.381. The average Bonchev–Trinajstić information content (AvgIpc) is 2.64. The summed E-state index contributed by atoms with van der Waals surface area (Å²) < 4.78 is 13.7. The second-order valence-electron chi connectivity index (χ2n) is 6.65. The third kappa shape index (κ3) is 7.46. The Kier molecular flexibility index (Phi) is 10.3. The molecule has 2 aromatic carbocycles. The number of guanidine groups is 1. The van der Waals surface area contributed by atoms with Crippen molar-refractivity contribution in [2.75, 3.05) is 14.1 Å². The second kappa shape index (κ2) is 11.9. The number of nitrogens with zero attached hydrogens (tertiary/aromatic N) is 2. The SMILES string of the molecule is CN=C(NCc1ccccc1F)NCc1ccccc1CN(C)C(C)C.I. The summed E-state index contributed by atoms with van der Waals surface area (Å²) in [6.07, 6.45) is 0. The largest absolute Gasteiger partial charge is 0.352 e. The molecule has 0 radical (unpaired) electrons. The van der Waals surface area contributed by atoms with E-state index in [9.17, 15) is 4.39 Å². The number of aliphatic imine (C=N–C) groups is 1. The van der Waals surface area contributed by atoms with Crippen LogP contribution in [0.4, 0.5) is 4.39 Å². The zero-order valence-corrected chi connectivity index (χ0v) is 18.8. The van der Waals surface area contributed by atoms with E-state index in [0.29, 0.717) is 30.7 Å². The number of nitrogens with one attached hydrogen (secondary N) is 2. The normalized spacial score (nSPS) is 11.4. The van der Waals surface area contributed by atoms with Crippen LogP contribution in [0.1, 0.15) is 30.5 Å². The van der Waals surface area contributed by atoms with Gasteiger partial charge in [0.1, 0.15) is 5.82 Å². The van der Waals surface area contributed by atoms with Gasteiger partial charge in [-0.2, -0.15) is 0 Å². The molecule has 148 valence electrons. The Balaban J connectivity index is 0.00000364. The topological polar surface area (TPSA) is 39.7 Å². The van der Waals surface area contributed by atoms with Crippen molar-refractivity contribution >= 4 is 29.9 Å². The summed E-state index contributed by atoms with van der Waals surface area (Å²) in [5, 5.41) is 6.48. The smallest absolute Gasteiger partial charge is 0.191 e. The van der Waals surface area contributed by atoms with E-state index >= 15 is 0 Å². The molecule has 0 aliphatic heterocycles. The van der Waals surface area contributed by atoms with Gasteiger partial charge in [-0.05, 0) is 38.1 Å². The van der Waals surface area contributed by atoms with Gasteiger partial charge in [0.2, 0.25) is 0 Å². The van der Waals surface area contributed by atoms with Gasteiger partial charge in [0.05, 0.1) is 0 Å². The third-order valence-electron chi connectivity index (χ3n) is 4.49. The van der Waals surface area contributed by atoms with Crippen LogP contribution in [0, 0.1) is 5.82 Å². The molecule has 0 bridgehead atoms. The van der Waals surface area contributed by atoms with Gasteiger partial charge in [-0.15, -0.1) is 24.0 Å². The van der Waals surface area contributed by atoms with Crippen molar-refractivity contribution in [1.82, 2.24) is 15.5 Å². The van der Waals surface area contributed by atoms with Gasteiger partial charge in [0.25, 0.3) is 0 Å². The monoisotopic (exact) mass is 484 g/mol. The first-order valence-electron chi connectivity index (χ1n) is 8.96. The zero-order valence-electron chi connectivity index (χ0n) is 16.5. The average molecular weight is 484 g/mol. The Morgan fingerprint density at radius 1 is 0.963 bits per heavy atom. The highest BCUT2D eigenvalue weighted by Crippen LogP contribution is 2.12. The molecular weight excluding hydrogens is 454 g/mol. The molecule has 0 aromatic heterocycles. The molecule has 0 aliphatic rings. The molecule has 0 saturated heterocycles. The van der Waals surface area contributed by atoms with E-state index in [1.807, 2.05) is 12.1 Å². The Morgan fingerprint density at radius 2 is 1.48 bits per heavy atom. The summed E-state index contributed by atoms with van der Waals surface area (Å²) in [5.74, 6) is 0.442. The molecule has 0 unspecified atom stereocenters. The Bertz CT molecular complexity index is 734. The van der Waals surface area contributed by atoms with E-state index in [4.69, 9.17) is 0 Å². The maximum atomic E-state index is 13.7. The summed E-state index contributed by atoms with van der Waals surface area (Å²) >= 11 is 0. The van der Waals surface area contributed by atoms with Crippen LogP contribution in [0.3, 0.4) is 0 Å². The highest BCUT2D eigenvalue weighted by molar-refractivity contribution is 14.0. The summed E-state index contributed by atoms with van der Waals surface area (Å²) in [6, 6.07) is 15.7. The lowest BCUT2D eigenvalue weighted by molar-refractivity contribution is 0.265. The van der Waals surface area contributed by atoms with Crippen LogP contribution < -0.4 is 10.6 Å². The third-order valence-corrected chi connectivity index (χ3v) is 4.49. The van der Waals surface area contributed by atoms with Gasteiger partial charge < -0.3 is 10.6 Å². The number of rotatable bonds is 7. The van der Waals surface area contributed by atoms with Gasteiger partial charge in [-0.25, -0.2) is 4.39 Å². The molecule has 6 heteroatoms. The molecule has 0 aliphatic carbocycles. The minimum Gasteiger partial charge on any atom is -0.352 e. The van der Waals surface area contributed by atoms with Gasteiger partial charge in [-0.3, -0.25) is 9.89 Å². The van der Waals surface area contributed by atoms with Crippen LogP contribution in [0.15, 0.2) is 53.5 Å². The van der Waals surface area contributed by atoms with E-state index in [1.54, 1.807) is 19.2 Å². The molecule has 0 heterocycles. The molecule has 2 aromatic rings. The molecule has 0 fully saturated rings. The molecule has 2 N–H and O–H groups in total. The zero-order chi connectivity index (χ0) is 18.9. The Hall–Kier alpha value is -1.67. The molecular formula is C21H30FIN4. The molecule has 2 rings (SSSR count). The molecule has 0 atom stereocenters. The molecule has 0 spiro atoms. The number of halogens is 2. The van der Waals surface area contributed by atoms with Gasteiger partial charge in [-0.1, -0.05) is 42.5 Å². The van der Waals surface area contributed by atoms with Crippen molar-refractivity contribution < 1.29 is 4.39 Å². The van der Waals surface area contributed by atoms with E-state index < -0.39 is 0 Å². The van der Waals surface area contributed by atoms with Crippen LogP contribution >= 0.6 is 24.0 Å². The predicted molar refractivity (Wildman–Crippen MR) is 122 cm³/mol. The predicted octanol–water partition coefficient (Wildman–Crippen LogP) is 4.15. The minimum absolute atomic E-state index is 0. The standard InChI is InChI=1S/C21H29FN4.HI/c1-16(2)26(4)15-19-11-6-5-9-17(19)13-24-21(23-3)25-14-18-10-7-8-12-20(18)22;/h5-12,16H,13-15H2,1-4H3,(H2,23,24,25);1H. The van der Waals surface area contributed by atoms with Crippen molar-refractivity contribution in [2.24, 2.45) is 4.99 Å². The molecule has 27 heavy (non-hydrogen) atoms. The first-order chi connectivity index (χ1) is 12.5. The minimum atomic E-state index is -0.211. The van der Waals surface area contributed by atoms with Crippen LogP contribution in [0.2, 0.25) is 0 Å². The molecule has 4 nitrogen and oxygen atoms in total. The lowest BCUT2D eigenvalue weighted by Gasteiger charge is -2.23. The summed E-state index contributed by atoms with van der Waals surface area (Å²) in [6.45, 7) is 6.34. The van der Waals surface area contributed by atoms with E-state index in [2.05, 4.69) is 59.6 Å². The quantitative estimate of drug-likeness (QED) is 0.353. The maximum Gasteiger partial charge on any atom is 0.191 e. The van der Waals surface area contributed by atoms with E-state index in [0.717, 1.165) is 6.54 Å². The van der Waals surface area contributed by atoms with E-state index in [1.165, 1.54) is 17.2 Å². The van der Waals surface area contributed by atoms with Crippen molar-refractivity contribution in [2.45, 2.75) is 39.5 Å². The number of hydrogen-bond donors (Lipinski definition) is 2. The van der Waals surface area contributed by atoms with Gasteiger partial charge in [0.15, 0.2) is 5.96 Å². The fourth-order valence-corrected chi connectivity index (χ4v) is 2.56. The van der Waals surface area contributed by atoms with E-state index in [-0.39, 0.29) is 29.8 Å². The summed E-state index contributed by atoms with van der Waals surface area (Å²) in [5.41, 5.74) is 3.14. The van der Waals surface area contributed by atoms with Crippen molar-refractivity contribution in [3.05, 3.63) is 71.0 Å². The molecule has 0 amide bonds. The molecule has 0 saturated carbocycles. The van der Waals surface area contributed by atoms with Crippen molar-refractivity contribution in [3.8, 4) is 0 Å². The number of benzene rings is 2. The Labute approximate surface area is 179 Å². The summed E-state index contributed by atoms with van der Waals surface area (Å²) in [4.78, 5) is 6.54. The maximum absolute atomic E-state index is 13.7. The van der Waals surface area contributed by atoms with Crippen LogP contribution in [0.25, 0.3) is 0 Å². The van der Waals surface area contributed by atoms with Crippen LogP contribution in [-0.2, 0) is 19.6 Å². The van der Waals surface area contributed by atoms with Crippen LogP contribution in [-0.4, -0.2) is 31.0 Å². The van der Waals surface area contributed by atoms with Crippen molar-refractivity contribution in [1.29, 1.82) is 0 Å². The van der Waals surface area contributed by atoms with Gasteiger partial charge >= 0.3 is 0 Å².